The average Bonchev–Trinajstić information content (AvgIpc) is 1.39. The molecule has 0 heterocycles. The van der Waals surface area contributed by atoms with Crippen LogP contribution in [-0.2, 0) is 83.5 Å². The molecule has 0 atom stereocenters. The summed E-state index contributed by atoms with van der Waals surface area (Å²) in [4.78, 5) is 23.2. The van der Waals surface area contributed by atoms with Crippen LogP contribution in [0.15, 0.2) is 84.9 Å². The molecule has 7 aromatic carbocycles. The maximum Gasteiger partial charge on any atom is 0.534 e. The van der Waals surface area contributed by atoms with E-state index in [-0.39, 0.29) is 55.7 Å². The summed E-state index contributed by atoms with van der Waals surface area (Å²) in [6, 6.07) is 18.4. The van der Waals surface area contributed by atoms with Gasteiger partial charge in [0.1, 0.15) is 81.2 Å². The van der Waals surface area contributed by atoms with Gasteiger partial charge in [0.05, 0.1) is 42.8 Å². The van der Waals surface area contributed by atoms with Crippen LogP contribution in [0.3, 0.4) is 0 Å². The molecule has 0 aliphatic heterocycles. The Morgan fingerprint density at radius 3 is 1.01 bits per heavy atom. The van der Waals surface area contributed by atoms with E-state index in [1.807, 2.05) is 12.1 Å². The Morgan fingerprint density at radius 2 is 0.726 bits per heavy atom. The minimum atomic E-state index is -5.97. The van der Waals surface area contributed by atoms with Gasteiger partial charge in [-0.3, -0.25) is 4.79 Å². The van der Waals surface area contributed by atoms with Crippen molar-refractivity contribution in [3.63, 3.8) is 0 Å². The molecular formula is C80H92F17N3O14S3. The molecule has 17 nitrogen and oxygen atoms in total. The molecule has 0 spiro atoms. The third kappa shape index (κ3) is 32.5. The molecule has 7 N–H and O–H groups in total. The van der Waals surface area contributed by atoms with Gasteiger partial charge >= 0.3 is 32.3 Å². The fraction of sp³-hybridized carbons (Fsp3) is 0.412. The maximum atomic E-state index is 14.5. The molecule has 7 aromatic rings. The highest BCUT2D eigenvalue weighted by molar-refractivity contribution is 7.88. The van der Waals surface area contributed by atoms with Crippen LogP contribution in [-0.4, -0.2) is 83.3 Å². The number of hydrogen-bond donors (Lipinski definition) is 4. The van der Waals surface area contributed by atoms with Gasteiger partial charge in [-0.05, 0) is 161 Å². The third-order valence-corrected chi connectivity index (χ3v) is 17.9. The minimum absolute atomic E-state index is 0. The van der Waals surface area contributed by atoms with Crippen molar-refractivity contribution < 1.29 is 139 Å². The first-order valence-corrected chi connectivity index (χ1v) is 38.3. The molecule has 0 bridgehead atoms. The number of phenols is 1. The van der Waals surface area contributed by atoms with Crippen molar-refractivity contribution in [2.45, 2.75) is 201 Å². The average molecular weight is 1740 g/mol. The second-order valence-electron chi connectivity index (χ2n) is 30.8. The fourth-order valence-electron chi connectivity index (χ4n) is 11.5. The standard InChI is InChI=1S/C23H27F2NO2.C12H17NO.C11H11F5O3S.C11H11F2N.C11H12F2O2.C10H12F2O.2CF2O2S.H2O/c1-23(2,3)21-17(24)10-16(11-18(21)25)22(27)26-19-12-14-8-6-5-7-9-15(14)13-20(19)28-4;1-14-12-8-10-6-4-2-3-5-9(10)7-11(12)13;1-10(2,3)9-7(12)4-6(5-8(9)13)19-20(17,18)11(14,15)16;1-11(2,3)10-8(12)4-7(6-14)5-9(10)13;1-11(2,3)9-7(12)4-6(10(14)15)5-8(9)13;1-10(2,3)9-7(11)4-6(13)5-8(9)12;2*2-1(3)6(4)5;/h10-13H,5-9H2,1-4H3,(H,26,27);7-8H,2-6,13H2,1H3;4-5H,1-3H3;4-5H,1-3H3;4-5H,1-3H3,(H,14,15);4-5,13H,1-3H3;;;1H2. The molecule has 0 fully saturated rings. The molecule has 0 aromatic heterocycles. The molecule has 0 saturated carbocycles. The SMILES string of the molecule is CC(C)(C)c1c(F)cc(C#N)cc1F.CC(C)(C)c1c(F)cc(C(=O)O)cc1F.CC(C)(C)c1c(F)cc(O)cc1F.CC(C)(C)c1c(F)cc(OS(=O)(=O)C(F)(F)F)cc1F.COc1cc2c(cc1N)CCCCC2.COc1cc2c(cc1NC(=O)c1cc(F)c(C(C)(C)C)c(F)c1)CCCCC2.O.O=S(=O)=C(F)F.O=S(=O)=C(F)F. The number of carboxylic acid groups (broad SMARTS) is 1. The number of ether oxygens (including phenoxy) is 2. The van der Waals surface area contributed by atoms with E-state index in [0.29, 0.717) is 23.6 Å². The smallest absolute Gasteiger partial charge is 0.508 e. The highest BCUT2D eigenvalue weighted by atomic mass is 32.2. The first kappa shape index (κ1) is 105. The van der Waals surface area contributed by atoms with Crippen LogP contribution in [0.2, 0.25) is 0 Å². The summed E-state index contributed by atoms with van der Waals surface area (Å²) in [7, 11) is -9.31. The lowest BCUT2D eigenvalue weighted by molar-refractivity contribution is -0.0500. The topological polar surface area (TPSA) is 298 Å². The predicted octanol–water partition coefficient (Wildman–Crippen LogP) is 19.9. The monoisotopic (exact) mass is 1740 g/mol. The molecule has 0 radical (unpaired) electrons. The number of amides is 1. The highest BCUT2D eigenvalue weighted by Gasteiger charge is 2.49. The van der Waals surface area contributed by atoms with E-state index >= 15 is 0 Å². The zero-order valence-corrected chi connectivity index (χ0v) is 69.2. The normalized spacial score (nSPS) is 12.5. The molecule has 648 valence electrons. The van der Waals surface area contributed by atoms with Crippen LogP contribution >= 0.6 is 0 Å². The van der Waals surface area contributed by atoms with Crippen molar-refractivity contribution in [3.8, 4) is 29.1 Å². The molecule has 0 saturated heterocycles. The Morgan fingerprint density at radius 1 is 0.453 bits per heavy atom. The lowest BCUT2D eigenvalue weighted by atomic mass is 9.85. The number of phenolic OH excluding ortho intramolecular Hbond substituents is 1. The third-order valence-electron chi connectivity index (χ3n) is 16.4. The van der Waals surface area contributed by atoms with E-state index < -0.39 is 150 Å². The number of nitrogens with two attached hydrogens (primary N) is 1. The van der Waals surface area contributed by atoms with E-state index in [2.05, 4.69) is 21.6 Å². The van der Waals surface area contributed by atoms with Crippen LogP contribution < -0.4 is 24.7 Å². The van der Waals surface area contributed by atoms with Crippen molar-refractivity contribution in [3.05, 3.63) is 210 Å². The van der Waals surface area contributed by atoms with Crippen LogP contribution in [0, 0.1) is 69.5 Å². The number of carbonyl (C=O) groups is 2. The number of methoxy groups -OCH3 is 2. The van der Waals surface area contributed by atoms with Gasteiger partial charge in [0.2, 0.25) is 0 Å². The van der Waals surface area contributed by atoms with Gasteiger partial charge in [-0.15, -0.1) is 0 Å². The van der Waals surface area contributed by atoms with Gasteiger partial charge in [-0.2, -0.15) is 61.2 Å². The zero-order chi connectivity index (χ0) is 89.6. The molecule has 0 unspecified atom stereocenters. The summed E-state index contributed by atoms with van der Waals surface area (Å²) in [5.41, 5.74) is 2.36. The van der Waals surface area contributed by atoms with E-state index in [0.717, 1.165) is 85.7 Å². The van der Waals surface area contributed by atoms with E-state index in [1.165, 1.54) is 81.5 Å². The molecular weight excluding hydrogens is 1650 g/mol. The number of nitrogens with zero attached hydrogens (tertiary/aromatic N) is 1. The number of carbonyl (C=O) groups excluding carboxylic acids is 1. The zero-order valence-electron chi connectivity index (χ0n) is 66.7. The Balaban J connectivity index is 0.000000694. The number of aromatic hydroxyl groups is 1. The molecule has 2 aliphatic carbocycles. The summed E-state index contributed by atoms with van der Waals surface area (Å²) in [5, 5.41) is 23.6. The Labute approximate surface area is 670 Å². The molecule has 2 aliphatic rings. The van der Waals surface area contributed by atoms with Crippen LogP contribution in [0.5, 0.6) is 23.0 Å². The first-order valence-electron chi connectivity index (χ1n) is 34.8. The first-order chi connectivity index (χ1) is 53.0. The number of aryl methyl sites for hydroxylation is 4. The summed E-state index contributed by atoms with van der Waals surface area (Å²) in [6.07, 6.45) is 11.6. The van der Waals surface area contributed by atoms with E-state index in [9.17, 15) is 92.6 Å². The minimum Gasteiger partial charge on any atom is -0.508 e. The molecule has 9 rings (SSSR count). The van der Waals surface area contributed by atoms with E-state index in [1.54, 1.807) is 103 Å². The number of aromatic carboxylic acids is 1. The van der Waals surface area contributed by atoms with Crippen LogP contribution in [0.4, 0.5) is 86.0 Å². The maximum absolute atomic E-state index is 14.5. The number of fused-ring (bicyclic) bond motifs is 2. The van der Waals surface area contributed by atoms with Gasteiger partial charge in [0.15, 0.2) is 0 Å². The van der Waals surface area contributed by atoms with Crippen molar-refractivity contribution >= 4 is 64.7 Å². The number of benzene rings is 7. The number of halogens is 17. The summed E-state index contributed by atoms with van der Waals surface area (Å²) in [5.74, 6) is -10.2. The Bertz CT molecular complexity index is 4960. The highest BCUT2D eigenvalue weighted by Crippen LogP contribution is 2.38. The predicted molar refractivity (Wildman–Crippen MR) is 411 cm³/mol. The van der Waals surface area contributed by atoms with Crippen LogP contribution in [0.1, 0.15) is 219 Å². The van der Waals surface area contributed by atoms with Crippen molar-refractivity contribution in [2.24, 2.45) is 0 Å². The second-order valence-corrected chi connectivity index (χ2v) is 33.9. The summed E-state index contributed by atoms with van der Waals surface area (Å²) < 4.78 is 286. The Kier molecular flexibility index (Phi) is 39.5. The number of rotatable bonds is 7. The number of nitriles is 1. The number of carboxylic acids is 1. The van der Waals surface area contributed by atoms with Crippen molar-refractivity contribution in [1.29, 1.82) is 5.26 Å². The van der Waals surface area contributed by atoms with Gasteiger partial charge in [-0.25, -0.2) is 48.7 Å². The Hall–Kier alpha value is -9.93. The molecule has 117 heavy (non-hydrogen) atoms. The van der Waals surface area contributed by atoms with Crippen molar-refractivity contribution in [2.75, 3.05) is 25.3 Å². The quantitative estimate of drug-likeness (QED) is 0.0219. The van der Waals surface area contributed by atoms with Crippen LogP contribution in [0.25, 0.3) is 0 Å². The number of nitrogen functional groups attached to an aromatic ring is 1. The van der Waals surface area contributed by atoms with Gasteiger partial charge in [0, 0.05) is 57.6 Å². The second kappa shape index (κ2) is 44.0. The van der Waals surface area contributed by atoms with Gasteiger partial charge < -0.3 is 40.4 Å². The molecule has 37 heteroatoms. The number of nitrogens with one attached hydrogen (secondary N) is 1. The lowest BCUT2D eigenvalue weighted by Gasteiger charge is -2.21. The number of hydrogen-bond acceptors (Lipinski definition) is 14. The van der Waals surface area contributed by atoms with Crippen molar-refractivity contribution in [1.82, 2.24) is 0 Å². The largest absolute Gasteiger partial charge is 0.534 e. The van der Waals surface area contributed by atoms with Gasteiger partial charge in [0.25, 0.3) is 26.5 Å². The van der Waals surface area contributed by atoms with E-state index in [4.69, 9.17) is 47.5 Å². The number of anilines is 2. The molecule has 1 amide bonds. The number of alkyl halides is 3. The lowest BCUT2D eigenvalue weighted by Crippen LogP contribution is -2.28. The van der Waals surface area contributed by atoms with Gasteiger partial charge in [-0.1, -0.05) is 117 Å². The summed E-state index contributed by atoms with van der Waals surface area (Å²) in [6.45, 7) is 25.0. The fourth-order valence-corrected chi connectivity index (χ4v) is 11.9. The summed E-state index contributed by atoms with van der Waals surface area (Å²) >= 11 is 0.